The van der Waals surface area contributed by atoms with E-state index in [1.807, 2.05) is 28.7 Å². The highest BCUT2D eigenvalue weighted by Gasteiger charge is 2.32. The number of halogens is 4. The van der Waals surface area contributed by atoms with E-state index in [0.29, 0.717) is 5.69 Å². The monoisotopic (exact) mass is 392 g/mol. The minimum Gasteiger partial charge on any atom is -0.321 e. The van der Waals surface area contributed by atoms with E-state index in [1.165, 1.54) is 0 Å². The molecule has 2 aromatic rings. The lowest BCUT2D eigenvalue weighted by atomic mass is 10.2. The van der Waals surface area contributed by atoms with Crippen molar-refractivity contribution in [3.05, 3.63) is 57.4 Å². The van der Waals surface area contributed by atoms with Gasteiger partial charge in [-0.05, 0) is 46.9 Å². The van der Waals surface area contributed by atoms with Gasteiger partial charge in [-0.2, -0.15) is 13.2 Å². The van der Waals surface area contributed by atoms with E-state index in [9.17, 15) is 18.0 Å². The lowest BCUT2D eigenvalue weighted by molar-refractivity contribution is -0.141. The molecule has 0 aliphatic heterocycles. The van der Waals surface area contributed by atoms with Crippen LogP contribution in [0.3, 0.4) is 0 Å². The molecule has 0 unspecified atom stereocenters. The summed E-state index contributed by atoms with van der Waals surface area (Å²) in [6, 6.07) is 8.96. The number of anilines is 1. The molecule has 0 saturated heterocycles. The fraction of sp³-hybridized carbons (Fsp3) is 0.0769. The van der Waals surface area contributed by atoms with Gasteiger partial charge in [0, 0.05) is 9.77 Å². The summed E-state index contributed by atoms with van der Waals surface area (Å²) >= 11 is 2.05. The van der Waals surface area contributed by atoms with Crippen LogP contribution >= 0.6 is 22.6 Å². The van der Waals surface area contributed by atoms with E-state index in [1.54, 1.807) is 18.2 Å². The number of hydrogen-bond donors (Lipinski definition) is 1. The first-order valence-electron chi connectivity index (χ1n) is 5.47. The molecule has 1 heterocycles. The van der Waals surface area contributed by atoms with E-state index in [-0.39, 0.29) is 5.56 Å². The lowest BCUT2D eigenvalue weighted by Crippen LogP contribution is -2.14. The average Bonchev–Trinajstić information content (AvgIpc) is 2.40. The number of para-hydroxylation sites is 1. The van der Waals surface area contributed by atoms with Gasteiger partial charge in [-0.1, -0.05) is 12.1 Å². The molecule has 104 valence electrons. The number of aromatic nitrogens is 1. The predicted molar refractivity (Wildman–Crippen MR) is 76.4 cm³/mol. The standard InChI is InChI=1S/C13H8F3IN2O/c14-13(15,16)11-6-5-8(7-18-11)12(20)19-10-4-2-1-3-9(10)17/h1-7H,(H,19,20). The van der Waals surface area contributed by atoms with Gasteiger partial charge in [0.25, 0.3) is 5.91 Å². The van der Waals surface area contributed by atoms with Gasteiger partial charge in [-0.15, -0.1) is 0 Å². The molecule has 0 atom stereocenters. The molecule has 0 radical (unpaired) electrons. The summed E-state index contributed by atoms with van der Waals surface area (Å²) in [5.74, 6) is -0.504. The van der Waals surface area contributed by atoms with E-state index in [4.69, 9.17) is 0 Å². The highest BCUT2D eigenvalue weighted by Crippen LogP contribution is 2.27. The number of pyridine rings is 1. The van der Waals surface area contributed by atoms with Crippen LogP contribution in [-0.4, -0.2) is 10.9 Å². The predicted octanol–water partition coefficient (Wildman–Crippen LogP) is 3.96. The average molecular weight is 392 g/mol. The summed E-state index contributed by atoms with van der Waals surface area (Å²) in [7, 11) is 0. The van der Waals surface area contributed by atoms with Gasteiger partial charge < -0.3 is 5.32 Å². The number of carbonyl (C=O) groups excluding carboxylic acids is 1. The maximum atomic E-state index is 12.4. The number of carbonyl (C=O) groups is 1. The fourth-order valence-corrected chi connectivity index (χ4v) is 1.98. The molecule has 2 rings (SSSR count). The van der Waals surface area contributed by atoms with Crippen LogP contribution < -0.4 is 5.32 Å². The van der Waals surface area contributed by atoms with Crippen LogP contribution in [0, 0.1) is 3.57 Å². The van der Waals surface area contributed by atoms with Crippen molar-refractivity contribution in [1.82, 2.24) is 4.98 Å². The SMILES string of the molecule is O=C(Nc1ccccc1I)c1ccc(C(F)(F)F)nc1. The summed E-state index contributed by atoms with van der Waals surface area (Å²) in [5.41, 5.74) is -0.362. The fourth-order valence-electron chi connectivity index (χ4n) is 1.45. The number of hydrogen-bond acceptors (Lipinski definition) is 2. The maximum Gasteiger partial charge on any atom is 0.433 e. The van der Waals surface area contributed by atoms with E-state index in [2.05, 4.69) is 10.3 Å². The first-order valence-corrected chi connectivity index (χ1v) is 6.55. The van der Waals surface area contributed by atoms with Crippen LogP contribution in [-0.2, 0) is 6.18 Å². The summed E-state index contributed by atoms with van der Waals surface area (Å²) in [4.78, 5) is 15.1. The Kier molecular flexibility index (Phi) is 4.26. The van der Waals surface area contributed by atoms with E-state index >= 15 is 0 Å². The molecular weight excluding hydrogens is 384 g/mol. The second-order valence-corrected chi connectivity index (χ2v) is 5.03. The molecule has 0 fully saturated rings. The van der Waals surface area contributed by atoms with Crippen LogP contribution in [0.15, 0.2) is 42.6 Å². The van der Waals surface area contributed by atoms with Crippen LogP contribution in [0.5, 0.6) is 0 Å². The highest BCUT2D eigenvalue weighted by molar-refractivity contribution is 14.1. The Morgan fingerprint density at radius 1 is 1.15 bits per heavy atom. The zero-order chi connectivity index (χ0) is 14.8. The zero-order valence-electron chi connectivity index (χ0n) is 9.91. The van der Waals surface area contributed by atoms with Crippen molar-refractivity contribution in [1.29, 1.82) is 0 Å². The van der Waals surface area contributed by atoms with Crippen LogP contribution in [0.1, 0.15) is 16.1 Å². The Morgan fingerprint density at radius 2 is 1.85 bits per heavy atom. The van der Waals surface area contributed by atoms with E-state index < -0.39 is 17.8 Å². The molecule has 1 aromatic carbocycles. The van der Waals surface area contributed by atoms with Gasteiger partial charge in [0.05, 0.1) is 11.3 Å². The van der Waals surface area contributed by atoms with Crippen molar-refractivity contribution in [2.45, 2.75) is 6.18 Å². The van der Waals surface area contributed by atoms with Crippen molar-refractivity contribution in [2.75, 3.05) is 5.32 Å². The van der Waals surface area contributed by atoms with Crippen LogP contribution in [0.2, 0.25) is 0 Å². The zero-order valence-corrected chi connectivity index (χ0v) is 12.1. The smallest absolute Gasteiger partial charge is 0.321 e. The molecule has 1 aromatic heterocycles. The number of rotatable bonds is 2. The molecule has 20 heavy (non-hydrogen) atoms. The Morgan fingerprint density at radius 3 is 2.40 bits per heavy atom. The van der Waals surface area contributed by atoms with Crippen molar-refractivity contribution in [3.63, 3.8) is 0 Å². The van der Waals surface area contributed by atoms with Crippen molar-refractivity contribution in [3.8, 4) is 0 Å². The molecule has 3 nitrogen and oxygen atoms in total. The molecule has 0 aliphatic rings. The molecule has 0 saturated carbocycles. The molecule has 1 N–H and O–H groups in total. The number of benzene rings is 1. The first-order chi connectivity index (χ1) is 9.38. The molecule has 0 bridgehead atoms. The Hall–Kier alpha value is -1.64. The molecule has 7 heteroatoms. The molecule has 0 spiro atoms. The summed E-state index contributed by atoms with van der Waals surface area (Å²) in [5, 5.41) is 2.62. The minimum atomic E-state index is -4.51. The van der Waals surface area contributed by atoms with Crippen molar-refractivity contribution < 1.29 is 18.0 Å². The molecule has 1 amide bonds. The topological polar surface area (TPSA) is 42.0 Å². The third-order valence-electron chi connectivity index (χ3n) is 2.44. The number of alkyl halides is 3. The largest absolute Gasteiger partial charge is 0.433 e. The van der Waals surface area contributed by atoms with Gasteiger partial charge in [0.2, 0.25) is 0 Å². The quantitative estimate of drug-likeness (QED) is 0.787. The van der Waals surface area contributed by atoms with Gasteiger partial charge >= 0.3 is 6.18 Å². The number of nitrogens with one attached hydrogen (secondary N) is 1. The Labute approximate surface area is 126 Å². The third-order valence-corrected chi connectivity index (χ3v) is 3.38. The van der Waals surface area contributed by atoms with Gasteiger partial charge in [0.15, 0.2) is 0 Å². The molecule has 0 aliphatic carbocycles. The van der Waals surface area contributed by atoms with Gasteiger partial charge in [-0.3, -0.25) is 9.78 Å². The normalized spacial score (nSPS) is 11.2. The number of amides is 1. The van der Waals surface area contributed by atoms with Gasteiger partial charge in [-0.25, -0.2) is 0 Å². The Balaban J connectivity index is 2.16. The highest BCUT2D eigenvalue weighted by atomic mass is 127. The molecular formula is C13H8F3IN2O. The second kappa shape index (κ2) is 5.78. The Bertz CT molecular complexity index is 626. The van der Waals surface area contributed by atoms with Crippen LogP contribution in [0.4, 0.5) is 18.9 Å². The summed E-state index contributed by atoms with van der Waals surface area (Å²) in [6.07, 6.45) is -3.60. The lowest BCUT2D eigenvalue weighted by Gasteiger charge is -2.08. The second-order valence-electron chi connectivity index (χ2n) is 3.86. The third kappa shape index (κ3) is 3.47. The first kappa shape index (κ1) is 14.8. The number of nitrogens with zero attached hydrogens (tertiary/aromatic N) is 1. The van der Waals surface area contributed by atoms with E-state index in [0.717, 1.165) is 21.9 Å². The summed E-state index contributed by atoms with van der Waals surface area (Å²) < 4.78 is 37.9. The maximum absolute atomic E-state index is 12.4. The van der Waals surface area contributed by atoms with Crippen molar-refractivity contribution >= 4 is 34.2 Å². The summed E-state index contributed by atoms with van der Waals surface area (Å²) in [6.45, 7) is 0. The van der Waals surface area contributed by atoms with Gasteiger partial charge in [0.1, 0.15) is 5.69 Å². The van der Waals surface area contributed by atoms with Crippen LogP contribution in [0.25, 0.3) is 0 Å². The minimum absolute atomic E-state index is 0.0673. The van der Waals surface area contributed by atoms with Crippen molar-refractivity contribution in [2.24, 2.45) is 0 Å².